The normalized spacial score (nSPS) is 13.5. The van der Waals surface area contributed by atoms with E-state index in [-0.39, 0.29) is 5.91 Å². The lowest BCUT2D eigenvalue weighted by molar-refractivity contribution is 0.0724. The molecule has 0 aliphatic carbocycles. The molecule has 0 atom stereocenters. The minimum Gasteiger partial charge on any atom is -0.496 e. The van der Waals surface area contributed by atoms with Crippen molar-refractivity contribution in [1.29, 1.82) is 0 Å². The highest BCUT2D eigenvalue weighted by atomic mass is 16.5. The van der Waals surface area contributed by atoms with E-state index in [0.29, 0.717) is 0 Å². The molecule has 1 saturated heterocycles. The van der Waals surface area contributed by atoms with E-state index in [9.17, 15) is 4.79 Å². The van der Waals surface area contributed by atoms with Crippen LogP contribution in [0.4, 0.5) is 5.69 Å². The van der Waals surface area contributed by atoms with Gasteiger partial charge in [-0.25, -0.2) is 0 Å². The average molecular weight is 444 g/mol. The summed E-state index contributed by atoms with van der Waals surface area (Å²) >= 11 is 0. The van der Waals surface area contributed by atoms with Crippen molar-refractivity contribution >= 4 is 11.6 Å². The maximum absolute atomic E-state index is 12.8. The van der Waals surface area contributed by atoms with Crippen LogP contribution in [-0.2, 0) is 6.54 Å². The van der Waals surface area contributed by atoms with Crippen LogP contribution in [0.2, 0.25) is 0 Å². The number of methoxy groups -OCH3 is 1. The molecular formula is C28H33N3O2. The minimum absolute atomic E-state index is 0.158. The van der Waals surface area contributed by atoms with Gasteiger partial charge < -0.3 is 20.3 Å². The number of nitrogens with one attached hydrogen (secondary N) is 2. The molecule has 1 fully saturated rings. The number of anilines is 1. The zero-order valence-electron chi connectivity index (χ0n) is 19.3. The molecule has 0 radical (unpaired) electrons. The predicted molar refractivity (Wildman–Crippen MR) is 135 cm³/mol. The van der Waals surface area contributed by atoms with E-state index in [2.05, 4.69) is 34.9 Å². The zero-order chi connectivity index (χ0) is 22.9. The van der Waals surface area contributed by atoms with Gasteiger partial charge in [0.25, 0.3) is 5.91 Å². The van der Waals surface area contributed by atoms with Crippen molar-refractivity contribution in [1.82, 2.24) is 10.2 Å². The number of nitrogens with zero attached hydrogens (tertiary/aromatic N) is 1. The first-order valence-electron chi connectivity index (χ1n) is 11.8. The third-order valence-electron chi connectivity index (χ3n) is 6.09. The summed E-state index contributed by atoms with van der Waals surface area (Å²) in [5, 5.41) is 7.03. The Labute approximate surface area is 196 Å². The molecule has 0 aromatic heterocycles. The standard InChI is InChI=1S/C28H33N3O2/c1-33-27-15-6-4-13-25(27)24-12-3-5-14-26(24)30-17-16-29-21-22-10-9-11-23(20-22)28(32)31-18-7-2-8-19-31/h3-6,9-15,20,29-30H,2,7-8,16-19,21H2,1H3. The van der Waals surface area contributed by atoms with Crippen LogP contribution in [0.5, 0.6) is 5.75 Å². The van der Waals surface area contributed by atoms with Crippen LogP contribution < -0.4 is 15.4 Å². The van der Waals surface area contributed by atoms with E-state index in [4.69, 9.17) is 4.74 Å². The van der Waals surface area contributed by atoms with Crippen molar-refractivity contribution in [3.8, 4) is 16.9 Å². The SMILES string of the molecule is COc1ccccc1-c1ccccc1NCCNCc1cccc(C(=O)N2CCCCC2)c1. The van der Waals surface area contributed by atoms with Crippen LogP contribution in [0.25, 0.3) is 11.1 Å². The Bertz CT molecular complexity index is 1060. The van der Waals surface area contributed by atoms with Gasteiger partial charge in [0.2, 0.25) is 0 Å². The Balaban J connectivity index is 1.30. The van der Waals surface area contributed by atoms with E-state index in [1.54, 1.807) is 7.11 Å². The fourth-order valence-corrected chi connectivity index (χ4v) is 4.35. The molecule has 1 amide bonds. The summed E-state index contributed by atoms with van der Waals surface area (Å²) in [4.78, 5) is 14.8. The molecule has 1 heterocycles. The molecule has 172 valence electrons. The molecule has 0 saturated carbocycles. The van der Waals surface area contributed by atoms with Gasteiger partial charge in [-0.05, 0) is 49.1 Å². The van der Waals surface area contributed by atoms with E-state index in [0.717, 1.165) is 79.3 Å². The van der Waals surface area contributed by atoms with Crippen molar-refractivity contribution in [3.05, 3.63) is 83.9 Å². The fraction of sp³-hybridized carbons (Fsp3) is 0.321. The number of carbonyl (C=O) groups is 1. The number of likely N-dealkylation sites (tertiary alicyclic amines) is 1. The summed E-state index contributed by atoms with van der Waals surface area (Å²) in [6, 6.07) is 24.4. The monoisotopic (exact) mass is 443 g/mol. The number of rotatable bonds is 9. The number of carbonyl (C=O) groups excluding carboxylic acids is 1. The minimum atomic E-state index is 0.158. The summed E-state index contributed by atoms with van der Waals surface area (Å²) in [6.45, 7) is 4.09. The molecule has 5 nitrogen and oxygen atoms in total. The molecule has 4 rings (SSSR count). The van der Waals surface area contributed by atoms with Gasteiger partial charge in [-0.3, -0.25) is 4.79 Å². The number of ether oxygens (including phenoxy) is 1. The molecular weight excluding hydrogens is 410 g/mol. The maximum atomic E-state index is 12.8. The number of para-hydroxylation sites is 2. The fourth-order valence-electron chi connectivity index (χ4n) is 4.35. The highest BCUT2D eigenvalue weighted by Gasteiger charge is 2.18. The first-order chi connectivity index (χ1) is 16.3. The van der Waals surface area contributed by atoms with E-state index < -0.39 is 0 Å². The molecule has 2 N–H and O–H groups in total. The first-order valence-corrected chi connectivity index (χ1v) is 11.8. The van der Waals surface area contributed by atoms with Gasteiger partial charge in [0.1, 0.15) is 5.75 Å². The van der Waals surface area contributed by atoms with Crippen molar-refractivity contribution < 1.29 is 9.53 Å². The second-order valence-corrected chi connectivity index (χ2v) is 8.40. The molecule has 1 aliphatic rings. The lowest BCUT2D eigenvalue weighted by Gasteiger charge is -2.26. The largest absolute Gasteiger partial charge is 0.496 e. The van der Waals surface area contributed by atoms with E-state index in [1.807, 2.05) is 53.4 Å². The van der Waals surface area contributed by atoms with Crippen molar-refractivity contribution in [2.45, 2.75) is 25.8 Å². The number of piperidine rings is 1. The highest BCUT2D eigenvalue weighted by Crippen LogP contribution is 2.34. The predicted octanol–water partition coefficient (Wildman–Crippen LogP) is 5.19. The molecule has 1 aliphatic heterocycles. The van der Waals surface area contributed by atoms with Crippen LogP contribution in [0.1, 0.15) is 35.2 Å². The van der Waals surface area contributed by atoms with Gasteiger partial charge in [-0.2, -0.15) is 0 Å². The quantitative estimate of drug-likeness (QED) is 0.447. The Kier molecular flexibility index (Phi) is 7.99. The zero-order valence-corrected chi connectivity index (χ0v) is 19.3. The van der Waals surface area contributed by atoms with Crippen LogP contribution in [-0.4, -0.2) is 44.1 Å². The van der Waals surface area contributed by atoms with Crippen molar-refractivity contribution in [2.24, 2.45) is 0 Å². The van der Waals surface area contributed by atoms with Crippen molar-refractivity contribution in [3.63, 3.8) is 0 Å². The third kappa shape index (κ3) is 5.93. The average Bonchev–Trinajstić information content (AvgIpc) is 2.89. The van der Waals surface area contributed by atoms with Gasteiger partial charge in [-0.15, -0.1) is 0 Å². The molecule has 3 aromatic rings. The molecule has 5 heteroatoms. The molecule has 33 heavy (non-hydrogen) atoms. The van der Waals surface area contributed by atoms with Gasteiger partial charge in [0, 0.05) is 55.1 Å². The van der Waals surface area contributed by atoms with Gasteiger partial charge >= 0.3 is 0 Å². The second kappa shape index (κ2) is 11.5. The van der Waals surface area contributed by atoms with Gasteiger partial charge in [0.15, 0.2) is 0 Å². The maximum Gasteiger partial charge on any atom is 0.253 e. The Morgan fingerprint density at radius 1 is 0.879 bits per heavy atom. The van der Waals surface area contributed by atoms with Crippen LogP contribution in [0, 0.1) is 0 Å². The van der Waals surface area contributed by atoms with Gasteiger partial charge in [0.05, 0.1) is 7.11 Å². The summed E-state index contributed by atoms with van der Waals surface area (Å²) in [6.07, 6.45) is 3.45. The number of hydrogen-bond donors (Lipinski definition) is 2. The summed E-state index contributed by atoms with van der Waals surface area (Å²) < 4.78 is 5.54. The number of benzene rings is 3. The molecule has 3 aromatic carbocycles. The Hall–Kier alpha value is -3.31. The van der Waals surface area contributed by atoms with Crippen LogP contribution in [0.3, 0.4) is 0 Å². The third-order valence-corrected chi connectivity index (χ3v) is 6.09. The number of amides is 1. The molecule has 0 unspecified atom stereocenters. The smallest absolute Gasteiger partial charge is 0.253 e. The Morgan fingerprint density at radius 3 is 2.45 bits per heavy atom. The van der Waals surface area contributed by atoms with Gasteiger partial charge in [-0.1, -0.05) is 48.5 Å². The summed E-state index contributed by atoms with van der Waals surface area (Å²) in [7, 11) is 1.70. The lowest BCUT2D eigenvalue weighted by atomic mass is 10.0. The van der Waals surface area contributed by atoms with E-state index in [1.165, 1.54) is 6.42 Å². The van der Waals surface area contributed by atoms with Crippen LogP contribution in [0.15, 0.2) is 72.8 Å². The summed E-state index contributed by atoms with van der Waals surface area (Å²) in [5.41, 5.74) is 5.20. The van der Waals surface area contributed by atoms with Crippen LogP contribution >= 0.6 is 0 Å². The Morgan fingerprint density at radius 2 is 1.64 bits per heavy atom. The second-order valence-electron chi connectivity index (χ2n) is 8.40. The number of hydrogen-bond acceptors (Lipinski definition) is 4. The van der Waals surface area contributed by atoms with Crippen molar-refractivity contribution in [2.75, 3.05) is 38.6 Å². The highest BCUT2D eigenvalue weighted by molar-refractivity contribution is 5.94. The van der Waals surface area contributed by atoms with E-state index >= 15 is 0 Å². The molecule has 0 bridgehead atoms. The first kappa shape index (κ1) is 22.9. The molecule has 0 spiro atoms. The lowest BCUT2D eigenvalue weighted by Crippen LogP contribution is -2.35. The summed E-state index contributed by atoms with van der Waals surface area (Å²) in [5.74, 6) is 1.02. The topological polar surface area (TPSA) is 53.6 Å².